The number of nitrogen functional groups attached to an aromatic ring is 1. The van der Waals surface area contributed by atoms with Crippen molar-refractivity contribution in [3.8, 4) is 11.1 Å². The van der Waals surface area contributed by atoms with E-state index in [1.165, 1.54) is 0 Å². The van der Waals surface area contributed by atoms with Crippen LogP contribution >= 0.6 is 12.2 Å². The Morgan fingerprint density at radius 3 is 2.33 bits per heavy atom. The van der Waals surface area contributed by atoms with Crippen molar-refractivity contribution in [1.82, 2.24) is 4.72 Å². The molecule has 0 saturated carbocycles. The standard InChI is InChI=1S/C30H30N4O3S2/c1-2-37-29(35)20-28(21-10-4-3-5-11-21)34-39(36)25-15-9-13-23(19-25)22-12-8-14-24(18-22)32-30(38)33-27-17-7-6-16-26(27)31/h3-19,28,34H,2,20,31H2,1H3,(H2,32,33,38). The molecule has 0 spiro atoms. The molecule has 0 radical (unpaired) electrons. The van der Waals surface area contributed by atoms with Gasteiger partial charge in [0.2, 0.25) is 0 Å². The van der Waals surface area contributed by atoms with Gasteiger partial charge in [-0.1, -0.05) is 66.7 Å². The summed E-state index contributed by atoms with van der Waals surface area (Å²) in [6.07, 6.45) is 0.0690. The summed E-state index contributed by atoms with van der Waals surface area (Å²) in [5, 5.41) is 6.71. The van der Waals surface area contributed by atoms with Gasteiger partial charge in [-0.05, 0) is 72.2 Å². The molecule has 2 atom stereocenters. The molecule has 0 amide bonds. The molecule has 200 valence electrons. The van der Waals surface area contributed by atoms with Crippen LogP contribution in [0.15, 0.2) is 108 Å². The summed E-state index contributed by atoms with van der Waals surface area (Å²) in [4.78, 5) is 12.8. The van der Waals surface area contributed by atoms with E-state index in [9.17, 15) is 9.00 Å². The maximum absolute atomic E-state index is 13.4. The number of nitrogens with two attached hydrogens (primary N) is 1. The van der Waals surface area contributed by atoms with Gasteiger partial charge in [-0.25, -0.2) is 8.93 Å². The van der Waals surface area contributed by atoms with Gasteiger partial charge >= 0.3 is 5.97 Å². The van der Waals surface area contributed by atoms with E-state index in [-0.39, 0.29) is 12.4 Å². The van der Waals surface area contributed by atoms with Crippen LogP contribution < -0.4 is 21.1 Å². The third-order valence-electron chi connectivity index (χ3n) is 5.84. The first kappa shape index (κ1) is 28.0. The van der Waals surface area contributed by atoms with E-state index in [4.69, 9.17) is 22.7 Å². The van der Waals surface area contributed by atoms with Crippen LogP contribution in [0.2, 0.25) is 0 Å². The normalized spacial score (nSPS) is 12.2. The number of thiocarbonyl (C=S) groups is 1. The fraction of sp³-hybridized carbons (Fsp3) is 0.133. The van der Waals surface area contributed by atoms with Gasteiger partial charge in [0.25, 0.3) is 0 Å². The molecule has 5 N–H and O–H groups in total. The van der Waals surface area contributed by atoms with Gasteiger partial charge in [-0.2, -0.15) is 0 Å². The van der Waals surface area contributed by atoms with Crippen molar-refractivity contribution < 1.29 is 13.7 Å². The van der Waals surface area contributed by atoms with Crippen molar-refractivity contribution in [2.75, 3.05) is 23.0 Å². The molecule has 0 heterocycles. The minimum absolute atomic E-state index is 0.0690. The third kappa shape index (κ3) is 7.97. The van der Waals surface area contributed by atoms with Gasteiger partial charge in [0, 0.05) is 5.69 Å². The van der Waals surface area contributed by atoms with Crippen molar-refractivity contribution in [1.29, 1.82) is 0 Å². The molecule has 0 aliphatic rings. The lowest BCUT2D eigenvalue weighted by molar-refractivity contribution is -0.143. The Hall–Kier alpha value is -4.05. The highest BCUT2D eigenvalue weighted by Crippen LogP contribution is 2.26. The Balaban J connectivity index is 1.48. The second kappa shape index (κ2) is 13.7. The minimum atomic E-state index is -1.57. The minimum Gasteiger partial charge on any atom is -0.466 e. The molecule has 7 nitrogen and oxygen atoms in total. The van der Waals surface area contributed by atoms with Crippen LogP contribution in [0.4, 0.5) is 17.1 Å². The maximum Gasteiger partial charge on any atom is 0.307 e. The number of benzene rings is 4. The van der Waals surface area contributed by atoms with Crippen molar-refractivity contribution in [3.05, 3.63) is 109 Å². The van der Waals surface area contributed by atoms with Gasteiger partial charge in [0.15, 0.2) is 5.11 Å². The Bertz CT molecular complexity index is 1460. The van der Waals surface area contributed by atoms with Crippen LogP contribution in [0.1, 0.15) is 24.9 Å². The zero-order valence-corrected chi connectivity index (χ0v) is 23.1. The summed E-state index contributed by atoms with van der Waals surface area (Å²) < 4.78 is 21.6. The number of rotatable bonds is 10. The summed E-state index contributed by atoms with van der Waals surface area (Å²) in [7, 11) is -1.57. The first-order chi connectivity index (χ1) is 18.9. The highest BCUT2D eigenvalue weighted by atomic mass is 32.2. The molecule has 4 rings (SSSR count). The topological polar surface area (TPSA) is 105 Å². The lowest BCUT2D eigenvalue weighted by Gasteiger charge is -2.18. The lowest BCUT2D eigenvalue weighted by atomic mass is 10.1. The Labute approximate surface area is 236 Å². The number of hydrogen-bond acceptors (Lipinski definition) is 5. The Morgan fingerprint density at radius 2 is 1.59 bits per heavy atom. The number of ether oxygens (including phenoxy) is 1. The predicted molar refractivity (Wildman–Crippen MR) is 163 cm³/mol. The second-order valence-electron chi connectivity index (χ2n) is 8.63. The van der Waals surface area contributed by atoms with E-state index in [1.54, 1.807) is 19.1 Å². The molecule has 0 fully saturated rings. The van der Waals surface area contributed by atoms with Gasteiger partial charge in [-0.3, -0.25) is 4.79 Å². The van der Waals surface area contributed by atoms with E-state index in [1.807, 2.05) is 91.0 Å². The lowest BCUT2D eigenvalue weighted by Crippen LogP contribution is -2.26. The third-order valence-corrected chi connectivity index (χ3v) is 7.22. The van der Waals surface area contributed by atoms with Gasteiger partial charge in [0.05, 0.1) is 35.3 Å². The zero-order valence-electron chi connectivity index (χ0n) is 21.4. The first-order valence-corrected chi connectivity index (χ1v) is 14.0. The van der Waals surface area contributed by atoms with E-state index >= 15 is 0 Å². The number of carbonyl (C=O) groups is 1. The molecule has 0 saturated heterocycles. The summed E-state index contributed by atoms with van der Waals surface area (Å²) in [6, 6.07) is 31.6. The molecule has 0 bridgehead atoms. The summed E-state index contributed by atoms with van der Waals surface area (Å²) >= 11 is 5.46. The van der Waals surface area contributed by atoms with Crippen molar-refractivity contribution in [3.63, 3.8) is 0 Å². The Kier molecular flexibility index (Phi) is 9.80. The van der Waals surface area contributed by atoms with Crippen LogP contribution in [0.3, 0.4) is 0 Å². The van der Waals surface area contributed by atoms with Crippen molar-refractivity contribution >= 4 is 51.3 Å². The molecule has 0 aromatic heterocycles. The molecule has 39 heavy (non-hydrogen) atoms. The van der Waals surface area contributed by atoms with E-state index < -0.39 is 17.0 Å². The van der Waals surface area contributed by atoms with Crippen LogP contribution in [-0.2, 0) is 20.5 Å². The highest BCUT2D eigenvalue weighted by Gasteiger charge is 2.20. The number of carbonyl (C=O) groups excluding carboxylic acids is 1. The smallest absolute Gasteiger partial charge is 0.307 e. The predicted octanol–water partition coefficient (Wildman–Crippen LogP) is 6.05. The Morgan fingerprint density at radius 1 is 0.897 bits per heavy atom. The van der Waals surface area contributed by atoms with Crippen molar-refractivity contribution in [2.24, 2.45) is 0 Å². The molecular weight excluding hydrogens is 528 g/mol. The number of anilines is 3. The number of nitrogens with one attached hydrogen (secondary N) is 3. The SMILES string of the molecule is CCOC(=O)CC(NS(=O)c1cccc(-c2cccc(NC(=S)Nc3ccccc3N)c2)c1)c1ccccc1. The summed E-state index contributed by atoms with van der Waals surface area (Å²) in [6.45, 7) is 2.06. The molecule has 4 aromatic carbocycles. The number of para-hydroxylation sites is 2. The molecule has 0 aliphatic heterocycles. The van der Waals surface area contributed by atoms with E-state index in [0.29, 0.717) is 22.3 Å². The number of hydrogen-bond donors (Lipinski definition) is 4. The molecule has 0 aliphatic carbocycles. The average molecular weight is 559 g/mol. The largest absolute Gasteiger partial charge is 0.466 e. The van der Waals surface area contributed by atoms with Gasteiger partial charge in [-0.15, -0.1) is 0 Å². The maximum atomic E-state index is 13.4. The summed E-state index contributed by atoms with van der Waals surface area (Å²) in [5.41, 5.74) is 10.8. The van der Waals surface area contributed by atoms with Crippen LogP contribution in [-0.4, -0.2) is 21.9 Å². The second-order valence-corrected chi connectivity index (χ2v) is 10.3. The average Bonchev–Trinajstić information content (AvgIpc) is 2.95. The number of esters is 1. The molecule has 4 aromatic rings. The molecule has 2 unspecified atom stereocenters. The van der Waals surface area contributed by atoms with Gasteiger partial charge in [0.1, 0.15) is 11.0 Å². The quantitative estimate of drug-likeness (QED) is 0.107. The van der Waals surface area contributed by atoms with E-state index in [0.717, 1.165) is 28.1 Å². The molecule has 9 heteroatoms. The van der Waals surface area contributed by atoms with Crippen molar-refractivity contribution in [2.45, 2.75) is 24.3 Å². The fourth-order valence-corrected chi connectivity index (χ4v) is 5.24. The highest BCUT2D eigenvalue weighted by molar-refractivity contribution is 7.83. The monoisotopic (exact) mass is 558 g/mol. The summed E-state index contributed by atoms with van der Waals surface area (Å²) in [5.74, 6) is -0.351. The fourth-order valence-electron chi connectivity index (χ4n) is 3.96. The van der Waals surface area contributed by atoms with Gasteiger partial charge < -0.3 is 21.1 Å². The van der Waals surface area contributed by atoms with Crippen LogP contribution in [0.5, 0.6) is 0 Å². The zero-order chi connectivity index (χ0) is 27.6. The first-order valence-electron chi connectivity index (χ1n) is 12.4. The van der Waals surface area contributed by atoms with E-state index in [2.05, 4.69) is 15.4 Å². The molecular formula is C30H30N4O3S2. The van der Waals surface area contributed by atoms with Crippen LogP contribution in [0, 0.1) is 0 Å². The van der Waals surface area contributed by atoms with Crippen LogP contribution in [0.25, 0.3) is 11.1 Å².